The van der Waals surface area contributed by atoms with E-state index >= 15 is 0 Å². The van der Waals surface area contributed by atoms with Gasteiger partial charge < -0.3 is 0 Å². The van der Waals surface area contributed by atoms with Crippen LogP contribution in [-0.4, -0.2) is 25.8 Å². The topological polar surface area (TPSA) is 37.4 Å². The molecular weight excluding hydrogens is 293 g/mol. The first-order valence-electron chi connectivity index (χ1n) is 5.89. The number of hydrogen-bond acceptors (Lipinski definition) is 2. The third-order valence-corrected chi connectivity index (χ3v) is 5.92. The van der Waals surface area contributed by atoms with E-state index in [0.717, 1.165) is 24.8 Å². The van der Waals surface area contributed by atoms with Crippen LogP contribution in [0.5, 0.6) is 0 Å². The molecule has 18 heavy (non-hydrogen) atoms. The Morgan fingerprint density at radius 2 is 1.67 bits per heavy atom. The van der Waals surface area contributed by atoms with Gasteiger partial charge in [0.15, 0.2) is 0 Å². The van der Waals surface area contributed by atoms with E-state index in [1.165, 1.54) is 10.4 Å². The second-order valence-electron chi connectivity index (χ2n) is 4.50. The monoisotopic (exact) mass is 307 g/mol. The first-order valence-corrected chi connectivity index (χ1v) is 8.08. The van der Waals surface area contributed by atoms with Crippen LogP contribution in [0.1, 0.15) is 24.8 Å². The zero-order valence-electron chi connectivity index (χ0n) is 10.1. The maximum absolute atomic E-state index is 12.5. The Balaban J connectivity index is 2.43. The van der Waals surface area contributed by atoms with E-state index in [-0.39, 0.29) is 9.92 Å². The highest BCUT2D eigenvalue weighted by molar-refractivity contribution is 7.89. The van der Waals surface area contributed by atoms with E-state index in [0.29, 0.717) is 18.1 Å². The van der Waals surface area contributed by atoms with Crippen LogP contribution in [0.25, 0.3) is 0 Å². The molecule has 1 saturated heterocycles. The summed E-state index contributed by atoms with van der Waals surface area (Å²) in [5.74, 6) is 0. The second-order valence-corrected chi connectivity index (χ2v) is 7.22. The van der Waals surface area contributed by atoms with Gasteiger partial charge in [-0.25, -0.2) is 8.42 Å². The first kappa shape index (κ1) is 14.1. The van der Waals surface area contributed by atoms with Crippen LogP contribution in [0.2, 0.25) is 10.0 Å². The van der Waals surface area contributed by atoms with Crippen molar-refractivity contribution < 1.29 is 8.42 Å². The average Bonchev–Trinajstić information content (AvgIpc) is 2.34. The molecule has 2 rings (SSSR count). The van der Waals surface area contributed by atoms with Gasteiger partial charge in [-0.1, -0.05) is 29.6 Å². The molecule has 0 spiro atoms. The fraction of sp³-hybridized carbons (Fsp3) is 0.500. The first-order chi connectivity index (χ1) is 8.43. The van der Waals surface area contributed by atoms with Crippen molar-refractivity contribution in [1.29, 1.82) is 0 Å². The number of hydrogen-bond donors (Lipinski definition) is 0. The summed E-state index contributed by atoms with van der Waals surface area (Å²) >= 11 is 11.9. The Hall–Kier alpha value is -0.290. The molecule has 0 N–H and O–H groups in total. The van der Waals surface area contributed by atoms with E-state index in [1.807, 2.05) is 0 Å². The lowest BCUT2D eigenvalue weighted by molar-refractivity contribution is 0.346. The molecule has 1 aromatic carbocycles. The van der Waals surface area contributed by atoms with Crippen LogP contribution in [0.3, 0.4) is 0 Å². The van der Waals surface area contributed by atoms with Crippen molar-refractivity contribution in [3.63, 3.8) is 0 Å². The highest BCUT2D eigenvalue weighted by Crippen LogP contribution is 2.31. The highest BCUT2D eigenvalue weighted by Gasteiger charge is 2.28. The SMILES string of the molecule is Cc1cc(S(=O)(=O)N2CCCCC2)c(Cl)cc1Cl. The fourth-order valence-corrected chi connectivity index (χ4v) is 4.40. The molecule has 0 aliphatic carbocycles. The van der Waals surface area contributed by atoms with Crippen molar-refractivity contribution in [3.05, 3.63) is 27.7 Å². The summed E-state index contributed by atoms with van der Waals surface area (Å²) in [5, 5.41) is 0.675. The predicted octanol–water partition coefficient (Wildman–Crippen LogP) is 3.48. The maximum Gasteiger partial charge on any atom is 0.244 e. The molecule has 0 saturated carbocycles. The van der Waals surface area contributed by atoms with Gasteiger partial charge in [0.25, 0.3) is 0 Å². The molecule has 1 aliphatic heterocycles. The van der Waals surface area contributed by atoms with Crippen molar-refractivity contribution in [2.75, 3.05) is 13.1 Å². The smallest absolute Gasteiger partial charge is 0.207 e. The van der Waals surface area contributed by atoms with Gasteiger partial charge in [0, 0.05) is 18.1 Å². The molecule has 0 bridgehead atoms. The molecule has 1 fully saturated rings. The van der Waals surface area contributed by atoms with Gasteiger partial charge in [-0.05, 0) is 37.5 Å². The lowest BCUT2D eigenvalue weighted by atomic mass is 10.2. The number of rotatable bonds is 2. The number of halogens is 2. The van der Waals surface area contributed by atoms with Crippen LogP contribution >= 0.6 is 23.2 Å². The quantitative estimate of drug-likeness (QED) is 0.839. The normalized spacial score (nSPS) is 17.9. The van der Waals surface area contributed by atoms with Crippen LogP contribution in [0.4, 0.5) is 0 Å². The predicted molar refractivity (Wildman–Crippen MR) is 73.8 cm³/mol. The molecule has 0 atom stereocenters. The standard InChI is InChI=1S/C12H15Cl2NO2S/c1-9-7-12(11(14)8-10(9)13)18(16,17)15-5-3-2-4-6-15/h7-8H,2-6H2,1H3. The van der Waals surface area contributed by atoms with Crippen molar-refractivity contribution >= 4 is 33.2 Å². The molecule has 1 aromatic rings. The maximum atomic E-state index is 12.5. The third kappa shape index (κ3) is 2.67. The second kappa shape index (κ2) is 5.37. The van der Waals surface area contributed by atoms with E-state index in [4.69, 9.17) is 23.2 Å². The van der Waals surface area contributed by atoms with Gasteiger partial charge in [-0.15, -0.1) is 0 Å². The summed E-state index contributed by atoms with van der Waals surface area (Å²) in [4.78, 5) is 0.160. The molecule has 1 heterocycles. The summed E-state index contributed by atoms with van der Waals surface area (Å²) in [6.45, 7) is 2.91. The Bertz CT molecular complexity index is 551. The van der Waals surface area contributed by atoms with Crippen LogP contribution in [0, 0.1) is 6.92 Å². The van der Waals surface area contributed by atoms with Gasteiger partial charge in [-0.2, -0.15) is 4.31 Å². The number of nitrogens with zero attached hydrogens (tertiary/aromatic N) is 1. The van der Waals surface area contributed by atoms with Crippen LogP contribution in [-0.2, 0) is 10.0 Å². The molecule has 100 valence electrons. The van der Waals surface area contributed by atoms with E-state index in [1.54, 1.807) is 13.0 Å². The third-order valence-electron chi connectivity index (χ3n) is 3.15. The number of aryl methyl sites for hydroxylation is 1. The molecule has 0 aromatic heterocycles. The van der Waals surface area contributed by atoms with E-state index in [9.17, 15) is 8.42 Å². The van der Waals surface area contributed by atoms with Crippen molar-refractivity contribution in [3.8, 4) is 0 Å². The summed E-state index contributed by atoms with van der Waals surface area (Å²) in [6, 6.07) is 3.05. The van der Waals surface area contributed by atoms with Gasteiger partial charge in [-0.3, -0.25) is 0 Å². The average molecular weight is 308 g/mol. The summed E-state index contributed by atoms with van der Waals surface area (Å²) in [7, 11) is -3.49. The lowest BCUT2D eigenvalue weighted by Crippen LogP contribution is -2.35. The van der Waals surface area contributed by atoms with Gasteiger partial charge in [0.2, 0.25) is 10.0 Å². The Morgan fingerprint density at radius 1 is 1.06 bits per heavy atom. The number of sulfonamides is 1. The minimum Gasteiger partial charge on any atom is -0.207 e. The Kier molecular flexibility index (Phi) is 4.22. The van der Waals surface area contributed by atoms with Crippen molar-refractivity contribution in [2.45, 2.75) is 31.1 Å². The van der Waals surface area contributed by atoms with Crippen LogP contribution in [0.15, 0.2) is 17.0 Å². The van der Waals surface area contributed by atoms with E-state index in [2.05, 4.69) is 0 Å². The molecule has 0 amide bonds. The number of benzene rings is 1. The minimum atomic E-state index is -3.49. The summed E-state index contributed by atoms with van der Waals surface area (Å²) < 4.78 is 26.4. The number of piperidine rings is 1. The molecular formula is C12H15Cl2NO2S. The van der Waals surface area contributed by atoms with Gasteiger partial charge in [0.1, 0.15) is 4.90 Å². The van der Waals surface area contributed by atoms with Crippen molar-refractivity contribution in [1.82, 2.24) is 4.31 Å². The lowest BCUT2D eigenvalue weighted by Gasteiger charge is -2.26. The van der Waals surface area contributed by atoms with E-state index < -0.39 is 10.0 Å². The Labute approximate surface area is 118 Å². The minimum absolute atomic E-state index is 0.160. The Morgan fingerprint density at radius 3 is 2.28 bits per heavy atom. The zero-order chi connectivity index (χ0) is 13.3. The van der Waals surface area contributed by atoms with Gasteiger partial charge in [0.05, 0.1) is 5.02 Å². The largest absolute Gasteiger partial charge is 0.244 e. The molecule has 1 aliphatic rings. The highest BCUT2D eigenvalue weighted by atomic mass is 35.5. The molecule has 0 unspecified atom stereocenters. The fourth-order valence-electron chi connectivity index (χ4n) is 2.07. The zero-order valence-corrected chi connectivity index (χ0v) is 12.4. The molecule has 0 radical (unpaired) electrons. The molecule has 6 heteroatoms. The van der Waals surface area contributed by atoms with Crippen LogP contribution < -0.4 is 0 Å². The molecule has 3 nitrogen and oxygen atoms in total. The van der Waals surface area contributed by atoms with Crippen molar-refractivity contribution in [2.24, 2.45) is 0 Å². The summed E-state index contributed by atoms with van der Waals surface area (Å²) in [6.07, 6.45) is 2.90. The summed E-state index contributed by atoms with van der Waals surface area (Å²) in [5.41, 5.74) is 0.719. The van der Waals surface area contributed by atoms with Gasteiger partial charge >= 0.3 is 0 Å².